The van der Waals surface area contributed by atoms with Crippen LogP contribution in [-0.4, -0.2) is 5.91 Å². The van der Waals surface area contributed by atoms with Crippen LogP contribution in [0.4, 0.5) is 5.69 Å². The molecule has 1 heterocycles. The molecule has 2 rings (SSSR count). The van der Waals surface area contributed by atoms with Crippen LogP contribution in [0.25, 0.3) is 0 Å². The van der Waals surface area contributed by atoms with Crippen molar-refractivity contribution in [2.75, 3.05) is 5.32 Å². The highest BCUT2D eigenvalue weighted by molar-refractivity contribution is 9.10. The minimum atomic E-state index is 0.0799. The first-order valence-electron chi connectivity index (χ1n) is 3.75. The van der Waals surface area contributed by atoms with Crippen molar-refractivity contribution < 1.29 is 4.79 Å². The van der Waals surface area contributed by atoms with Crippen LogP contribution in [0.2, 0.25) is 0 Å². The minimum absolute atomic E-state index is 0.0799. The zero-order valence-electron chi connectivity index (χ0n) is 6.65. The lowest BCUT2D eigenvalue weighted by Crippen LogP contribution is -2.03. The molecule has 0 aliphatic carbocycles. The van der Waals surface area contributed by atoms with Crippen LogP contribution in [0.3, 0.4) is 0 Å². The Hall–Kier alpha value is -0.830. The summed E-state index contributed by atoms with van der Waals surface area (Å²) >= 11 is 3.43. The van der Waals surface area contributed by atoms with E-state index in [1.54, 1.807) is 0 Å². The molecule has 1 aromatic rings. The van der Waals surface area contributed by atoms with Gasteiger partial charge in [-0.1, -0.05) is 15.9 Å². The molecule has 0 saturated carbocycles. The summed E-state index contributed by atoms with van der Waals surface area (Å²) in [5.74, 6) is 0.0799. The van der Waals surface area contributed by atoms with Gasteiger partial charge in [0, 0.05) is 10.2 Å². The van der Waals surface area contributed by atoms with Crippen molar-refractivity contribution >= 4 is 27.5 Å². The standard InChI is InChI=1S/C9H8BrNO/c1-5-2-7(10)6-4-9(12)11-8(6)3-5/h2-3H,4H2,1H3,(H,11,12). The van der Waals surface area contributed by atoms with Gasteiger partial charge in [-0.2, -0.15) is 0 Å². The van der Waals surface area contributed by atoms with Crippen LogP contribution >= 0.6 is 15.9 Å². The fourth-order valence-corrected chi connectivity index (χ4v) is 2.13. The van der Waals surface area contributed by atoms with Gasteiger partial charge in [-0.15, -0.1) is 0 Å². The van der Waals surface area contributed by atoms with Crippen molar-refractivity contribution in [3.63, 3.8) is 0 Å². The molecule has 62 valence electrons. The lowest BCUT2D eigenvalue weighted by Gasteiger charge is -2.02. The molecule has 0 atom stereocenters. The lowest BCUT2D eigenvalue weighted by atomic mass is 10.1. The van der Waals surface area contributed by atoms with Crippen molar-refractivity contribution in [3.8, 4) is 0 Å². The van der Waals surface area contributed by atoms with Crippen LogP contribution in [-0.2, 0) is 11.2 Å². The van der Waals surface area contributed by atoms with Gasteiger partial charge >= 0.3 is 0 Å². The molecule has 0 saturated heterocycles. The summed E-state index contributed by atoms with van der Waals surface area (Å²) in [5, 5.41) is 2.81. The van der Waals surface area contributed by atoms with Gasteiger partial charge in [0.15, 0.2) is 0 Å². The molecule has 12 heavy (non-hydrogen) atoms. The maximum Gasteiger partial charge on any atom is 0.228 e. The number of benzene rings is 1. The van der Waals surface area contributed by atoms with Gasteiger partial charge in [0.1, 0.15) is 0 Å². The van der Waals surface area contributed by atoms with Crippen LogP contribution in [0.15, 0.2) is 16.6 Å². The van der Waals surface area contributed by atoms with Gasteiger partial charge in [-0.3, -0.25) is 4.79 Å². The molecule has 0 fully saturated rings. The predicted octanol–water partition coefficient (Wildman–Crippen LogP) is 2.25. The number of nitrogens with one attached hydrogen (secondary N) is 1. The van der Waals surface area contributed by atoms with E-state index in [4.69, 9.17) is 0 Å². The molecule has 0 radical (unpaired) electrons. The molecule has 1 aliphatic rings. The van der Waals surface area contributed by atoms with Crippen molar-refractivity contribution in [1.29, 1.82) is 0 Å². The number of anilines is 1. The molecule has 0 unspecified atom stereocenters. The van der Waals surface area contributed by atoms with Gasteiger partial charge < -0.3 is 5.32 Å². The van der Waals surface area contributed by atoms with Crippen molar-refractivity contribution in [2.45, 2.75) is 13.3 Å². The molecule has 0 aromatic heterocycles. The number of amides is 1. The SMILES string of the molecule is Cc1cc(Br)c2c(c1)NC(=O)C2. The Morgan fingerprint density at radius 1 is 1.50 bits per heavy atom. The highest BCUT2D eigenvalue weighted by Gasteiger charge is 2.19. The number of hydrogen-bond donors (Lipinski definition) is 1. The smallest absolute Gasteiger partial charge is 0.228 e. The highest BCUT2D eigenvalue weighted by Crippen LogP contribution is 2.31. The zero-order chi connectivity index (χ0) is 8.72. The summed E-state index contributed by atoms with van der Waals surface area (Å²) in [5.41, 5.74) is 3.18. The van der Waals surface area contributed by atoms with Crippen molar-refractivity contribution in [1.82, 2.24) is 0 Å². The fraction of sp³-hybridized carbons (Fsp3) is 0.222. The Balaban J connectivity index is 2.59. The maximum atomic E-state index is 11.0. The molecule has 1 N–H and O–H groups in total. The first-order valence-corrected chi connectivity index (χ1v) is 4.55. The average molecular weight is 226 g/mol. The van der Waals surface area contributed by atoms with E-state index in [0.29, 0.717) is 6.42 Å². The molecule has 1 amide bonds. The van der Waals surface area contributed by atoms with E-state index in [1.807, 2.05) is 19.1 Å². The maximum absolute atomic E-state index is 11.0. The molecule has 1 aliphatic heterocycles. The number of hydrogen-bond acceptors (Lipinski definition) is 1. The van der Waals surface area contributed by atoms with E-state index < -0.39 is 0 Å². The van der Waals surface area contributed by atoms with Gasteiger partial charge in [0.2, 0.25) is 5.91 Å². The molecule has 2 nitrogen and oxygen atoms in total. The molecule has 1 aromatic carbocycles. The summed E-state index contributed by atoms with van der Waals surface area (Å²) in [6, 6.07) is 4.02. The highest BCUT2D eigenvalue weighted by atomic mass is 79.9. The summed E-state index contributed by atoms with van der Waals surface area (Å²) in [6.45, 7) is 2.01. The van der Waals surface area contributed by atoms with Crippen LogP contribution in [0.5, 0.6) is 0 Å². The fourth-order valence-electron chi connectivity index (χ4n) is 1.42. The second kappa shape index (κ2) is 2.59. The Morgan fingerprint density at radius 2 is 2.25 bits per heavy atom. The van der Waals surface area contributed by atoms with E-state index in [9.17, 15) is 4.79 Å². The van der Waals surface area contributed by atoms with Crippen LogP contribution < -0.4 is 5.32 Å². The van der Waals surface area contributed by atoms with Gasteiger partial charge in [0.05, 0.1) is 6.42 Å². The van der Waals surface area contributed by atoms with Crippen molar-refractivity contribution in [2.24, 2.45) is 0 Å². The third kappa shape index (κ3) is 1.14. The predicted molar refractivity (Wildman–Crippen MR) is 51.2 cm³/mol. The first kappa shape index (κ1) is 7.80. The number of carbonyl (C=O) groups is 1. The normalized spacial score (nSPS) is 14.3. The minimum Gasteiger partial charge on any atom is -0.325 e. The Bertz CT molecular complexity index is 360. The van der Waals surface area contributed by atoms with Crippen LogP contribution in [0, 0.1) is 6.92 Å². The lowest BCUT2D eigenvalue weighted by molar-refractivity contribution is -0.115. The van der Waals surface area contributed by atoms with E-state index in [-0.39, 0.29) is 5.91 Å². The summed E-state index contributed by atoms with van der Waals surface area (Å²) in [4.78, 5) is 11.0. The van der Waals surface area contributed by atoms with Crippen LogP contribution in [0.1, 0.15) is 11.1 Å². The Morgan fingerprint density at radius 3 is 3.00 bits per heavy atom. The third-order valence-electron chi connectivity index (χ3n) is 1.95. The van der Waals surface area contributed by atoms with E-state index in [0.717, 1.165) is 21.3 Å². The quantitative estimate of drug-likeness (QED) is 0.722. The zero-order valence-corrected chi connectivity index (χ0v) is 8.23. The molecule has 0 spiro atoms. The van der Waals surface area contributed by atoms with Gasteiger partial charge in [-0.05, 0) is 30.2 Å². The van der Waals surface area contributed by atoms with E-state index >= 15 is 0 Å². The Labute approximate surface area is 79.1 Å². The average Bonchev–Trinajstić information content (AvgIpc) is 2.29. The van der Waals surface area contributed by atoms with Gasteiger partial charge in [-0.25, -0.2) is 0 Å². The largest absolute Gasteiger partial charge is 0.325 e. The molecular formula is C9H8BrNO. The summed E-state index contributed by atoms with van der Waals surface area (Å²) in [7, 11) is 0. The Kier molecular flexibility index (Phi) is 1.68. The second-order valence-electron chi connectivity index (χ2n) is 3.00. The molecular weight excluding hydrogens is 218 g/mol. The van der Waals surface area contributed by atoms with E-state index in [2.05, 4.69) is 21.2 Å². The first-order chi connectivity index (χ1) is 5.66. The summed E-state index contributed by atoms with van der Waals surface area (Å²) in [6.07, 6.45) is 0.496. The van der Waals surface area contributed by atoms with Gasteiger partial charge in [0.25, 0.3) is 0 Å². The van der Waals surface area contributed by atoms with E-state index in [1.165, 1.54) is 0 Å². The number of rotatable bonds is 0. The summed E-state index contributed by atoms with van der Waals surface area (Å²) < 4.78 is 1.02. The third-order valence-corrected chi connectivity index (χ3v) is 2.66. The molecule has 0 bridgehead atoms. The van der Waals surface area contributed by atoms with Crippen molar-refractivity contribution in [3.05, 3.63) is 27.7 Å². The monoisotopic (exact) mass is 225 g/mol. The molecule has 3 heteroatoms. The topological polar surface area (TPSA) is 29.1 Å². The number of aryl methyl sites for hydroxylation is 1. The number of halogens is 1. The number of carbonyl (C=O) groups excluding carboxylic acids is 1. The number of fused-ring (bicyclic) bond motifs is 1. The second-order valence-corrected chi connectivity index (χ2v) is 3.85.